The lowest BCUT2D eigenvalue weighted by Crippen LogP contribution is -2.29. The smallest absolute Gasteiger partial charge is 0.245 e. The Hall–Kier alpha value is -1.14. The number of nitrogens with two attached hydrogens (primary N) is 1. The maximum absolute atomic E-state index is 13.3. The first-order valence-electron chi connectivity index (χ1n) is 6.01. The summed E-state index contributed by atoms with van der Waals surface area (Å²) in [6, 6.07) is 3.88. The van der Waals surface area contributed by atoms with Gasteiger partial charge in [0.1, 0.15) is 10.7 Å². The predicted octanol–water partition coefficient (Wildman–Crippen LogP) is 1.83. The summed E-state index contributed by atoms with van der Waals surface area (Å²) in [6.45, 7) is 3.02. The van der Waals surface area contributed by atoms with E-state index >= 15 is 0 Å². The summed E-state index contributed by atoms with van der Waals surface area (Å²) in [4.78, 5) is -0.126. The molecule has 1 unspecified atom stereocenters. The largest absolute Gasteiger partial charge is 0.395 e. The number of nitrogens with zero attached hydrogens (tertiary/aromatic N) is 1. The Balaban J connectivity index is 2.35. The van der Waals surface area contributed by atoms with Crippen molar-refractivity contribution in [1.29, 1.82) is 0 Å². The van der Waals surface area contributed by atoms with Gasteiger partial charge in [0.15, 0.2) is 0 Å². The van der Waals surface area contributed by atoms with Crippen molar-refractivity contribution in [2.45, 2.75) is 24.7 Å². The number of para-hydroxylation sites is 1. The zero-order valence-corrected chi connectivity index (χ0v) is 11.1. The molecule has 2 rings (SSSR count). The Morgan fingerprint density at radius 1 is 1.50 bits per heavy atom. The van der Waals surface area contributed by atoms with E-state index < -0.39 is 15.8 Å². The molecule has 1 aromatic rings. The molecule has 1 aliphatic heterocycles. The molecule has 1 atom stereocenters. The summed E-state index contributed by atoms with van der Waals surface area (Å²) >= 11 is 0. The minimum atomic E-state index is -3.67. The van der Waals surface area contributed by atoms with Gasteiger partial charge in [-0.3, -0.25) is 0 Å². The summed E-state index contributed by atoms with van der Waals surface area (Å²) < 4.78 is 39.4. The predicted molar refractivity (Wildman–Crippen MR) is 68.0 cm³/mol. The highest BCUT2D eigenvalue weighted by Gasteiger charge is 2.33. The van der Waals surface area contributed by atoms with Crippen LogP contribution in [0.3, 0.4) is 0 Å². The lowest BCUT2D eigenvalue weighted by Gasteiger charge is -2.17. The highest BCUT2D eigenvalue weighted by Crippen LogP contribution is 2.29. The van der Waals surface area contributed by atoms with E-state index in [1.165, 1.54) is 16.4 Å². The van der Waals surface area contributed by atoms with Gasteiger partial charge < -0.3 is 5.73 Å². The Bertz CT molecular complexity index is 545. The van der Waals surface area contributed by atoms with Crippen LogP contribution >= 0.6 is 0 Å². The Morgan fingerprint density at radius 2 is 2.22 bits per heavy atom. The molecule has 18 heavy (non-hydrogen) atoms. The molecule has 1 saturated heterocycles. The minimum absolute atomic E-state index is 0.126. The van der Waals surface area contributed by atoms with Crippen molar-refractivity contribution in [1.82, 2.24) is 4.31 Å². The van der Waals surface area contributed by atoms with Crippen molar-refractivity contribution in [3.63, 3.8) is 0 Å². The van der Waals surface area contributed by atoms with Gasteiger partial charge in [0, 0.05) is 13.1 Å². The van der Waals surface area contributed by atoms with Crippen molar-refractivity contribution in [2.75, 3.05) is 18.8 Å². The monoisotopic (exact) mass is 272 g/mol. The molecule has 6 heteroatoms. The molecule has 0 radical (unpaired) electrons. The molecule has 1 aliphatic rings. The molecule has 1 fully saturated rings. The van der Waals surface area contributed by atoms with Gasteiger partial charge in [-0.15, -0.1) is 0 Å². The zero-order valence-electron chi connectivity index (χ0n) is 10.3. The normalized spacial score (nSPS) is 21.3. The van der Waals surface area contributed by atoms with Crippen LogP contribution in [0.25, 0.3) is 0 Å². The third kappa shape index (κ3) is 2.22. The number of anilines is 1. The van der Waals surface area contributed by atoms with Crippen LogP contribution in [-0.4, -0.2) is 25.8 Å². The molecule has 100 valence electrons. The zero-order chi connectivity index (χ0) is 13.3. The van der Waals surface area contributed by atoms with Crippen LogP contribution < -0.4 is 5.73 Å². The number of hydrogen-bond acceptors (Lipinski definition) is 3. The summed E-state index contributed by atoms with van der Waals surface area (Å²) in [7, 11) is -3.67. The van der Waals surface area contributed by atoms with E-state index in [2.05, 4.69) is 0 Å². The van der Waals surface area contributed by atoms with E-state index in [4.69, 9.17) is 5.73 Å². The first-order valence-corrected chi connectivity index (χ1v) is 7.45. The van der Waals surface area contributed by atoms with Crippen molar-refractivity contribution in [2.24, 2.45) is 5.92 Å². The first-order chi connectivity index (χ1) is 8.46. The standard InChI is InChI=1S/C12H17FN2O2S/c1-2-9-6-7-15(8-9)18(16,17)11-5-3-4-10(13)12(11)14/h3-5,9H,2,6-8,14H2,1H3. The number of hydrogen-bond donors (Lipinski definition) is 1. The van der Waals surface area contributed by atoms with Gasteiger partial charge in [-0.2, -0.15) is 4.31 Å². The molecule has 2 N–H and O–H groups in total. The number of nitrogen functional groups attached to an aromatic ring is 1. The quantitative estimate of drug-likeness (QED) is 0.854. The van der Waals surface area contributed by atoms with E-state index in [1.54, 1.807) is 0 Å². The molecule has 0 aromatic heterocycles. The fourth-order valence-electron chi connectivity index (χ4n) is 2.23. The van der Waals surface area contributed by atoms with Crippen molar-refractivity contribution in [3.05, 3.63) is 24.0 Å². The Kier molecular flexibility index (Phi) is 3.59. The second-order valence-electron chi connectivity index (χ2n) is 4.58. The van der Waals surface area contributed by atoms with Crippen LogP contribution in [0.15, 0.2) is 23.1 Å². The van der Waals surface area contributed by atoms with Crippen molar-refractivity contribution < 1.29 is 12.8 Å². The third-order valence-electron chi connectivity index (χ3n) is 3.46. The highest BCUT2D eigenvalue weighted by atomic mass is 32.2. The second kappa shape index (κ2) is 4.85. The van der Waals surface area contributed by atoms with Crippen LogP contribution in [-0.2, 0) is 10.0 Å². The van der Waals surface area contributed by atoms with E-state index in [-0.39, 0.29) is 10.6 Å². The number of sulfonamides is 1. The van der Waals surface area contributed by atoms with Crippen LogP contribution in [0.5, 0.6) is 0 Å². The third-order valence-corrected chi connectivity index (χ3v) is 5.38. The summed E-state index contributed by atoms with van der Waals surface area (Å²) in [5, 5.41) is 0. The maximum Gasteiger partial charge on any atom is 0.245 e. The van der Waals surface area contributed by atoms with E-state index in [9.17, 15) is 12.8 Å². The Morgan fingerprint density at radius 3 is 2.83 bits per heavy atom. The molecule has 0 bridgehead atoms. The maximum atomic E-state index is 13.3. The second-order valence-corrected chi connectivity index (χ2v) is 6.48. The molecule has 1 aromatic carbocycles. The first kappa shape index (κ1) is 13.3. The van der Waals surface area contributed by atoms with E-state index in [0.29, 0.717) is 19.0 Å². The van der Waals surface area contributed by atoms with Gasteiger partial charge in [-0.1, -0.05) is 19.4 Å². The van der Waals surface area contributed by atoms with Gasteiger partial charge in [0.25, 0.3) is 0 Å². The van der Waals surface area contributed by atoms with Crippen LogP contribution in [0.2, 0.25) is 0 Å². The molecule has 0 aliphatic carbocycles. The van der Waals surface area contributed by atoms with Crippen LogP contribution in [0, 0.1) is 11.7 Å². The molecule has 0 spiro atoms. The van der Waals surface area contributed by atoms with E-state index in [1.807, 2.05) is 6.92 Å². The lowest BCUT2D eigenvalue weighted by atomic mass is 10.1. The lowest BCUT2D eigenvalue weighted by molar-refractivity contribution is 0.453. The molecule has 1 heterocycles. The molecule has 0 saturated carbocycles. The average molecular weight is 272 g/mol. The number of rotatable bonds is 3. The van der Waals surface area contributed by atoms with E-state index in [0.717, 1.165) is 18.9 Å². The fraction of sp³-hybridized carbons (Fsp3) is 0.500. The molecular weight excluding hydrogens is 255 g/mol. The number of halogens is 1. The minimum Gasteiger partial charge on any atom is -0.395 e. The van der Waals surface area contributed by atoms with Gasteiger partial charge in [0.2, 0.25) is 10.0 Å². The van der Waals surface area contributed by atoms with Gasteiger partial charge in [-0.05, 0) is 24.5 Å². The van der Waals surface area contributed by atoms with Gasteiger partial charge >= 0.3 is 0 Å². The average Bonchev–Trinajstić information content (AvgIpc) is 2.81. The molecule has 0 amide bonds. The van der Waals surface area contributed by atoms with Crippen molar-refractivity contribution >= 4 is 15.7 Å². The summed E-state index contributed by atoms with van der Waals surface area (Å²) in [5.74, 6) is -0.308. The molecule has 4 nitrogen and oxygen atoms in total. The summed E-state index contributed by atoms with van der Waals surface area (Å²) in [6.07, 6.45) is 1.80. The number of benzene rings is 1. The fourth-order valence-corrected chi connectivity index (χ4v) is 3.89. The van der Waals surface area contributed by atoms with Gasteiger partial charge in [0.05, 0.1) is 5.69 Å². The van der Waals surface area contributed by atoms with Gasteiger partial charge in [-0.25, -0.2) is 12.8 Å². The van der Waals surface area contributed by atoms with Crippen molar-refractivity contribution in [3.8, 4) is 0 Å². The molecular formula is C12H17FN2O2S. The van der Waals surface area contributed by atoms with Crippen LogP contribution in [0.1, 0.15) is 19.8 Å². The highest BCUT2D eigenvalue weighted by molar-refractivity contribution is 7.89. The Labute approximate surface area is 107 Å². The topological polar surface area (TPSA) is 63.4 Å². The summed E-state index contributed by atoms with van der Waals surface area (Å²) in [5.41, 5.74) is 5.23. The SMILES string of the molecule is CCC1CCN(S(=O)(=O)c2cccc(F)c2N)C1. The van der Waals surface area contributed by atoms with Crippen LogP contribution in [0.4, 0.5) is 10.1 Å².